The summed E-state index contributed by atoms with van der Waals surface area (Å²) in [5, 5.41) is 26.5. The van der Waals surface area contributed by atoms with Crippen molar-refractivity contribution in [3.05, 3.63) is 0 Å². The molecule has 1 rings (SSSR count). The minimum Gasteiger partial charge on any atom is -0.388 e. The van der Waals surface area contributed by atoms with Crippen LogP contribution in [0.4, 0.5) is 0 Å². The van der Waals surface area contributed by atoms with E-state index in [4.69, 9.17) is 20.1 Å². The first-order valence-electron chi connectivity index (χ1n) is 2.84. The van der Waals surface area contributed by atoms with Gasteiger partial charge in [-0.1, -0.05) is 0 Å². The molecular weight excluding hydrogens is 124 g/mol. The largest absolute Gasteiger partial charge is 0.388 e. The molecule has 0 saturated carbocycles. The minimum absolute atomic E-state index is 0.109. The number of aliphatic hydroxyl groups is 3. The standard InChI is InChI=1S/C5H10O4/c6-3-1-9-2-4(7)5(3)8/h3-8H,1-2H2/t3-,4?,5?/m0/s1. The molecule has 0 aromatic rings. The van der Waals surface area contributed by atoms with Crippen LogP contribution < -0.4 is 0 Å². The Kier molecular flexibility index (Phi) is 2.02. The number of rotatable bonds is 0. The normalized spacial score (nSPS) is 45.0. The van der Waals surface area contributed by atoms with Crippen LogP contribution in [0.2, 0.25) is 0 Å². The molecule has 0 aromatic carbocycles. The lowest BCUT2D eigenvalue weighted by molar-refractivity contribution is -0.150. The van der Waals surface area contributed by atoms with Crippen LogP contribution in [0.1, 0.15) is 0 Å². The molecule has 2 unspecified atom stereocenters. The predicted octanol–water partition coefficient (Wildman–Crippen LogP) is -1.90. The Morgan fingerprint density at radius 3 is 1.78 bits per heavy atom. The third kappa shape index (κ3) is 1.40. The number of hydrogen-bond acceptors (Lipinski definition) is 4. The van der Waals surface area contributed by atoms with E-state index in [0.29, 0.717) is 0 Å². The van der Waals surface area contributed by atoms with E-state index in [1.165, 1.54) is 0 Å². The van der Waals surface area contributed by atoms with E-state index in [2.05, 4.69) is 0 Å². The Morgan fingerprint density at radius 1 is 1.00 bits per heavy atom. The highest BCUT2D eigenvalue weighted by Gasteiger charge is 2.29. The molecule has 54 valence electrons. The summed E-state index contributed by atoms with van der Waals surface area (Å²) in [6.45, 7) is 0.219. The Morgan fingerprint density at radius 2 is 1.44 bits per heavy atom. The average molecular weight is 134 g/mol. The lowest BCUT2D eigenvalue weighted by atomic mass is 10.1. The van der Waals surface area contributed by atoms with Gasteiger partial charge < -0.3 is 20.1 Å². The van der Waals surface area contributed by atoms with Crippen LogP contribution in [0, 0.1) is 0 Å². The van der Waals surface area contributed by atoms with Crippen LogP contribution in [0.15, 0.2) is 0 Å². The molecule has 4 heteroatoms. The van der Waals surface area contributed by atoms with Gasteiger partial charge in [-0.15, -0.1) is 0 Å². The van der Waals surface area contributed by atoms with E-state index >= 15 is 0 Å². The topological polar surface area (TPSA) is 69.9 Å². The molecule has 0 radical (unpaired) electrons. The number of aliphatic hydroxyl groups excluding tert-OH is 3. The summed E-state index contributed by atoms with van der Waals surface area (Å²) in [4.78, 5) is 0. The van der Waals surface area contributed by atoms with Crippen LogP contribution >= 0.6 is 0 Å². The van der Waals surface area contributed by atoms with Gasteiger partial charge >= 0.3 is 0 Å². The van der Waals surface area contributed by atoms with Crippen molar-refractivity contribution in [2.24, 2.45) is 0 Å². The number of ether oxygens (including phenoxy) is 1. The maximum atomic E-state index is 8.87. The lowest BCUT2D eigenvalue weighted by Gasteiger charge is -2.27. The Labute approximate surface area is 52.7 Å². The van der Waals surface area contributed by atoms with Gasteiger partial charge in [0.2, 0.25) is 0 Å². The zero-order valence-corrected chi connectivity index (χ0v) is 4.90. The Balaban J connectivity index is 2.41. The molecule has 3 atom stereocenters. The van der Waals surface area contributed by atoms with E-state index in [0.717, 1.165) is 0 Å². The maximum absolute atomic E-state index is 8.87. The molecule has 0 spiro atoms. The summed E-state index contributed by atoms with van der Waals surface area (Å²) >= 11 is 0. The highest BCUT2D eigenvalue weighted by Crippen LogP contribution is 2.07. The SMILES string of the molecule is OC1COC[C@H](O)C1O. The average Bonchev–Trinajstić information content (AvgIpc) is 1.83. The third-order valence-electron chi connectivity index (χ3n) is 1.37. The molecule has 1 saturated heterocycles. The highest BCUT2D eigenvalue weighted by atomic mass is 16.5. The number of hydrogen-bond donors (Lipinski definition) is 3. The van der Waals surface area contributed by atoms with Gasteiger partial charge in [0.15, 0.2) is 0 Å². The van der Waals surface area contributed by atoms with Crippen molar-refractivity contribution >= 4 is 0 Å². The first-order chi connectivity index (χ1) is 4.22. The van der Waals surface area contributed by atoms with E-state index in [1.54, 1.807) is 0 Å². The van der Waals surface area contributed by atoms with Crippen LogP contribution in [0.5, 0.6) is 0 Å². The van der Waals surface area contributed by atoms with Crippen LogP contribution in [-0.4, -0.2) is 46.8 Å². The second-order valence-electron chi connectivity index (χ2n) is 2.16. The fraction of sp³-hybridized carbons (Fsp3) is 1.00. The van der Waals surface area contributed by atoms with Crippen molar-refractivity contribution in [1.82, 2.24) is 0 Å². The second kappa shape index (κ2) is 2.62. The summed E-state index contributed by atoms with van der Waals surface area (Å²) in [5.74, 6) is 0. The van der Waals surface area contributed by atoms with Gasteiger partial charge in [-0.25, -0.2) is 0 Å². The van der Waals surface area contributed by atoms with Gasteiger partial charge in [-0.05, 0) is 0 Å². The quantitative estimate of drug-likeness (QED) is 0.362. The summed E-state index contributed by atoms with van der Waals surface area (Å²) in [6, 6.07) is 0. The van der Waals surface area contributed by atoms with Crippen molar-refractivity contribution in [3.8, 4) is 0 Å². The third-order valence-corrected chi connectivity index (χ3v) is 1.37. The van der Waals surface area contributed by atoms with E-state index in [-0.39, 0.29) is 13.2 Å². The predicted molar refractivity (Wildman–Crippen MR) is 28.8 cm³/mol. The lowest BCUT2D eigenvalue weighted by Crippen LogP contribution is -2.47. The van der Waals surface area contributed by atoms with Crippen LogP contribution in [-0.2, 0) is 4.74 Å². The summed E-state index contributed by atoms with van der Waals surface area (Å²) < 4.78 is 4.70. The van der Waals surface area contributed by atoms with E-state index in [1.807, 2.05) is 0 Å². The van der Waals surface area contributed by atoms with E-state index < -0.39 is 18.3 Å². The first-order valence-corrected chi connectivity index (χ1v) is 2.84. The fourth-order valence-corrected chi connectivity index (χ4v) is 0.763. The van der Waals surface area contributed by atoms with Crippen molar-refractivity contribution in [1.29, 1.82) is 0 Å². The van der Waals surface area contributed by atoms with Gasteiger partial charge in [-0.3, -0.25) is 0 Å². The van der Waals surface area contributed by atoms with Crippen molar-refractivity contribution in [2.45, 2.75) is 18.3 Å². The molecule has 0 amide bonds. The van der Waals surface area contributed by atoms with Crippen molar-refractivity contribution in [2.75, 3.05) is 13.2 Å². The van der Waals surface area contributed by atoms with Crippen LogP contribution in [0.25, 0.3) is 0 Å². The molecule has 1 fully saturated rings. The maximum Gasteiger partial charge on any atom is 0.110 e. The molecule has 0 aliphatic carbocycles. The fourth-order valence-electron chi connectivity index (χ4n) is 0.763. The van der Waals surface area contributed by atoms with Crippen LogP contribution in [0.3, 0.4) is 0 Å². The minimum atomic E-state index is -1.04. The zero-order valence-electron chi connectivity index (χ0n) is 4.90. The zero-order chi connectivity index (χ0) is 6.85. The first kappa shape index (κ1) is 6.95. The van der Waals surface area contributed by atoms with Crippen molar-refractivity contribution in [3.63, 3.8) is 0 Å². The van der Waals surface area contributed by atoms with Gasteiger partial charge in [0.05, 0.1) is 13.2 Å². The van der Waals surface area contributed by atoms with Gasteiger partial charge in [0.25, 0.3) is 0 Å². The second-order valence-corrected chi connectivity index (χ2v) is 2.16. The van der Waals surface area contributed by atoms with Crippen molar-refractivity contribution < 1.29 is 20.1 Å². The molecule has 3 N–H and O–H groups in total. The molecule has 1 heterocycles. The molecule has 9 heavy (non-hydrogen) atoms. The molecule has 0 aromatic heterocycles. The summed E-state index contributed by atoms with van der Waals surface area (Å²) in [6.07, 6.45) is -2.92. The molecule has 1 aliphatic rings. The molecular formula is C5H10O4. The highest BCUT2D eigenvalue weighted by molar-refractivity contribution is 4.78. The Hall–Kier alpha value is -0.160. The molecule has 0 bridgehead atoms. The summed E-state index contributed by atoms with van der Waals surface area (Å²) in [5.41, 5.74) is 0. The Bertz CT molecular complexity index is 85.0. The molecule has 4 nitrogen and oxygen atoms in total. The smallest absolute Gasteiger partial charge is 0.110 e. The van der Waals surface area contributed by atoms with Gasteiger partial charge in [0, 0.05) is 0 Å². The van der Waals surface area contributed by atoms with Gasteiger partial charge in [-0.2, -0.15) is 0 Å². The monoisotopic (exact) mass is 134 g/mol. The summed E-state index contributed by atoms with van der Waals surface area (Å²) in [7, 11) is 0. The van der Waals surface area contributed by atoms with E-state index in [9.17, 15) is 0 Å². The molecule has 1 aliphatic heterocycles. The van der Waals surface area contributed by atoms with Gasteiger partial charge in [0.1, 0.15) is 18.3 Å².